The number of hydrogen-bond donors (Lipinski definition) is 1. The van der Waals surface area contributed by atoms with Gasteiger partial charge < -0.3 is 15.0 Å². The molecule has 0 atom stereocenters. The molecular formula is C11H26N2O. The van der Waals surface area contributed by atoms with Crippen molar-refractivity contribution in [2.45, 2.75) is 26.7 Å². The van der Waals surface area contributed by atoms with E-state index in [0.29, 0.717) is 0 Å². The molecule has 3 nitrogen and oxygen atoms in total. The summed E-state index contributed by atoms with van der Waals surface area (Å²) in [7, 11) is 2.15. The zero-order valence-electron chi connectivity index (χ0n) is 10.0. The van der Waals surface area contributed by atoms with Gasteiger partial charge in [0, 0.05) is 26.3 Å². The molecule has 0 aliphatic carbocycles. The maximum atomic E-state index is 5.26. The van der Waals surface area contributed by atoms with Crippen molar-refractivity contribution >= 4 is 0 Å². The Hall–Kier alpha value is -0.120. The third-order valence-corrected chi connectivity index (χ3v) is 2.31. The van der Waals surface area contributed by atoms with E-state index in [9.17, 15) is 0 Å². The van der Waals surface area contributed by atoms with E-state index in [2.05, 4.69) is 24.2 Å². The van der Waals surface area contributed by atoms with E-state index in [1.807, 2.05) is 6.92 Å². The highest BCUT2D eigenvalue weighted by molar-refractivity contribution is 4.52. The Morgan fingerprint density at radius 1 is 1.14 bits per heavy atom. The van der Waals surface area contributed by atoms with Crippen LogP contribution < -0.4 is 5.32 Å². The second kappa shape index (κ2) is 11.0. The quantitative estimate of drug-likeness (QED) is 0.541. The van der Waals surface area contributed by atoms with E-state index in [1.165, 1.54) is 12.8 Å². The summed E-state index contributed by atoms with van der Waals surface area (Å²) < 4.78 is 5.26. The minimum Gasteiger partial charge on any atom is -0.382 e. The molecule has 0 aromatic carbocycles. The second-order valence-corrected chi connectivity index (χ2v) is 3.55. The first kappa shape index (κ1) is 13.9. The van der Waals surface area contributed by atoms with E-state index >= 15 is 0 Å². The van der Waals surface area contributed by atoms with Crippen LogP contribution in [0.15, 0.2) is 0 Å². The third-order valence-electron chi connectivity index (χ3n) is 2.31. The van der Waals surface area contributed by atoms with Gasteiger partial charge in [0.2, 0.25) is 0 Å². The molecule has 0 aliphatic rings. The van der Waals surface area contributed by atoms with Gasteiger partial charge in [0.05, 0.1) is 0 Å². The lowest BCUT2D eigenvalue weighted by Crippen LogP contribution is -2.29. The first-order chi connectivity index (χ1) is 6.81. The Bertz CT molecular complexity index is 109. The molecule has 0 unspecified atom stereocenters. The zero-order valence-corrected chi connectivity index (χ0v) is 10.0. The number of rotatable bonds is 10. The van der Waals surface area contributed by atoms with Crippen molar-refractivity contribution in [1.82, 2.24) is 10.2 Å². The van der Waals surface area contributed by atoms with E-state index < -0.39 is 0 Å². The molecule has 3 heteroatoms. The Morgan fingerprint density at radius 2 is 1.93 bits per heavy atom. The van der Waals surface area contributed by atoms with Crippen LogP contribution in [0.4, 0.5) is 0 Å². The highest BCUT2D eigenvalue weighted by Crippen LogP contribution is 1.88. The molecule has 0 heterocycles. The molecule has 0 amide bonds. The molecule has 0 fully saturated rings. The van der Waals surface area contributed by atoms with Crippen LogP contribution in [-0.4, -0.2) is 51.3 Å². The summed E-state index contributed by atoms with van der Waals surface area (Å²) in [5, 5.41) is 3.43. The van der Waals surface area contributed by atoms with E-state index in [-0.39, 0.29) is 0 Å². The summed E-state index contributed by atoms with van der Waals surface area (Å²) in [6, 6.07) is 0. The number of likely N-dealkylation sites (N-methyl/N-ethyl adjacent to an activating group) is 1. The number of nitrogens with zero attached hydrogens (tertiary/aromatic N) is 1. The SMILES string of the molecule is CCOCCCCNCCN(C)CC. The van der Waals surface area contributed by atoms with Crippen molar-refractivity contribution in [3.63, 3.8) is 0 Å². The summed E-state index contributed by atoms with van der Waals surface area (Å²) in [5.74, 6) is 0. The van der Waals surface area contributed by atoms with Gasteiger partial charge in [-0.3, -0.25) is 0 Å². The molecular weight excluding hydrogens is 176 g/mol. The smallest absolute Gasteiger partial charge is 0.0466 e. The van der Waals surface area contributed by atoms with Gasteiger partial charge in [0.15, 0.2) is 0 Å². The van der Waals surface area contributed by atoms with Crippen molar-refractivity contribution in [2.24, 2.45) is 0 Å². The van der Waals surface area contributed by atoms with Crippen LogP contribution in [0, 0.1) is 0 Å². The molecule has 0 radical (unpaired) electrons. The van der Waals surface area contributed by atoms with Gasteiger partial charge in [-0.2, -0.15) is 0 Å². The fraction of sp³-hybridized carbons (Fsp3) is 1.00. The van der Waals surface area contributed by atoms with Crippen molar-refractivity contribution in [2.75, 3.05) is 46.4 Å². The summed E-state index contributed by atoms with van der Waals surface area (Å²) in [5.41, 5.74) is 0. The van der Waals surface area contributed by atoms with E-state index in [4.69, 9.17) is 4.74 Å². The van der Waals surface area contributed by atoms with Gasteiger partial charge in [-0.25, -0.2) is 0 Å². The summed E-state index contributed by atoms with van der Waals surface area (Å²) in [4.78, 5) is 2.31. The first-order valence-corrected chi connectivity index (χ1v) is 5.78. The molecule has 14 heavy (non-hydrogen) atoms. The number of unbranched alkanes of at least 4 members (excludes halogenated alkanes) is 1. The minimum absolute atomic E-state index is 0.842. The lowest BCUT2D eigenvalue weighted by molar-refractivity contribution is 0.143. The second-order valence-electron chi connectivity index (χ2n) is 3.55. The lowest BCUT2D eigenvalue weighted by Gasteiger charge is -2.13. The number of ether oxygens (including phenoxy) is 1. The topological polar surface area (TPSA) is 24.5 Å². The van der Waals surface area contributed by atoms with Crippen molar-refractivity contribution < 1.29 is 4.74 Å². The lowest BCUT2D eigenvalue weighted by atomic mass is 10.3. The van der Waals surface area contributed by atoms with Crippen LogP contribution in [-0.2, 0) is 4.74 Å². The van der Waals surface area contributed by atoms with Gasteiger partial charge in [0.25, 0.3) is 0 Å². The Labute approximate surface area is 88.8 Å². The van der Waals surface area contributed by atoms with Crippen LogP contribution in [0.2, 0.25) is 0 Å². The fourth-order valence-corrected chi connectivity index (χ4v) is 1.15. The van der Waals surface area contributed by atoms with Crippen LogP contribution in [0.3, 0.4) is 0 Å². The molecule has 86 valence electrons. The molecule has 0 saturated heterocycles. The zero-order chi connectivity index (χ0) is 10.6. The molecule has 1 N–H and O–H groups in total. The normalized spacial score (nSPS) is 11.1. The van der Waals surface area contributed by atoms with Gasteiger partial charge in [-0.1, -0.05) is 6.92 Å². The molecule has 0 spiro atoms. The molecule has 0 aromatic heterocycles. The molecule has 0 bridgehead atoms. The van der Waals surface area contributed by atoms with Gasteiger partial charge in [-0.05, 0) is 39.9 Å². The average Bonchev–Trinajstić information content (AvgIpc) is 2.21. The Morgan fingerprint density at radius 3 is 2.57 bits per heavy atom. The maximum absolute atomic E-state index is 5.26. The maximum Gasteiger partial charge on any atom is 0.0466 e. The fourth-order valence-electron chi connectivity index (χ4n) is 1.15. The van der Waals surface area contributed by atoms with Gasteiger partial charge in [0.1, 0.15) is 0 Å². The predicted octanol–water partition coefficient (Wildman–Crippen LogP) is 1.34. The van der Waals surface area contributed by atoms with Crippen LogP contribution in [0.25, 0.3) is 0 Å². The number of hydrogen-bond acceptors (Lipinski definition) is 3. The van der Waals surface area contributed by atoms with Crippen LogP contribution in [0.1, 0.15) is 26.7 Å². The summed E-state index contributed by atoms with van der Waals surface area (Å²) in [6.07, 6.45) is 2.39. The molecule has 0 saturated carbocycles. The van der Waals surface area contributed by atoms with E-state index in [1.54, 1.807) is 0 Å². The minimum atomic E-state index is 0.842. The molecule has 0 aromatic rings. The summed E-state index contributed by atoms with van der Waals surface area (Å²) >= 11 is 0. The van der Waals surface area contributed by atoms with E-state index in [0.717, 1.165) is 39.4 Å². The van der Waals surface area contributed by atoms with Crippen molar-refractivity contribution in [1.29, 1.82) is 0 Å². The van der Waals surface area contributed by atoms with Crippen LogP contribution in [0.5, 0.6) is 0 Å². The monoisotopic (exact) mass is 202 g/mol. The van der Waals surface area contributed by atoms with Crippen LogP contribution >= 0.6 is 0 Å². The van der Waals surface area contributed by atoms with Crippen molar-refractivity contribution in [3.05, 3.63) is 0 Å². The van der Waals surface area contributed by atoms with Gasteiger partial charge >= 0.3 is 0 Å². The highest BCUT2D eigenvalue weighted by Gasteiger charge is 1.93. The van der Waals surface area contributed by atoms with Gasteiger partial charge in [-0.15, -0.1) is 0 Å². The molecule has 0 rings (SSSR count). The third kappa shape index (κ3) is 9.96. The summed E-state index contributed by atoms with van der Waals surface area (Å²) in [6.45, 7) is 10.5. The average molecular weight is 202 g/mol. The number of nitrogens with one attached hydrogen (secondary N) is 1. The predicted molar refractivity (Wildman–Crippen MR) is 61.8 cm³/mol. The van der Waals surface area contributed by atoms with Crippen molar-refractivity contribution in [3.8, 4) is 0 Å². The highest BCUT2D eigenvalue weighted by atomic mass is 16.5. The largest absolute Gasteiger partial charge is 0.382 e. The Kier molecular flexibility index (Phi) is 10.9. The standard InChI is InChI=1S/C11H26N2O/c1-4-13(3)10-9-12-8-6-7-11-14-5-2/h12H,4-11H2,1-3H3. The molecule has 0 aliphatic heterocycles. The first-order valence-electron chi connectivity index (χ1n) is 5.78. The Balaban J connectivity index is 2.92.